The maximum atomic E-state index is 5.67. The fourth-order valence-corrected chi connectivity index (χ4v) is 3.18. The van der Waals surface area contributed by atoms with Crippen LogP contribution in [0.5, 0.6) is 0 Å². The summed E-state index contributed by atoms with van der Waals surface area (Å²) in [6.45, 7) is 2.47. The van der Waals surface area contributed by atoms with Crippen molar-refractivity contribution in [3.8, 4) is 0 Å². The Morgan fingerprint density at radius 1 is 0.905 bits per heavy atom. The van der Waals surface area contributed by atoms with E-state index in [1.165, 1.54) is 27.1 Å². The van der Waals surface area contributed by atoms with Gasteiger partial charge in [-0.15, -0.1) is 12.4 Å². The molecule has 1 N–H and O–H groups in total. The highest BCUT2D eigenvalue weighted by atomic mass is 35.5. The SMILES string of the molecule is Cl.c1ccc2c([C@H]3COCCN3)c3ccccc3cc2c1. The van der Waals surface area contributed by atoms with E-state index in [-0.39, 0.29) is 18.4 Å². The zero-order valence-electron chi connectivity index (χ0n) is 11.7. The van der Waals surface area contributed by atoms with Crippen LogP contribution in [0.15, 0.2) is 54.6 Å². The molecule has 0 unspecified atom stereocenters. The monoisotopic (exact) mass is 299 g/mol. The molecular formula is C18H18ClNO. The summed E-state index contributed by atoms with van der Waals surface area (Å²) in [6, 6.07) is 19.8. The third-order valence-corrected chi connectivity index (χ3v) is 4.08. The molecule has 21 heavy (non-hydrogen) atoms. The van der Waals surface area contributed by atoms with Gasteiger partial charge in [0.1, 0.15) is 0 Å². The maximum absolute atomic E-state index is 5.67. The average molecular weight is 300 g/mol. The van der Waals surface area contributed by atoms with Gasteiger partial charge in [0, 0.05) is 6.54 Å². The molecular weight excluding hydrogens is 282 g/mol. The first kappa shape index (κ1) is 14.3. The molecule has 0 saturated carbocycles. The average Bonchev–Trinajstić information content (AvgIpc) is 2.53. The summed E-state index contributed by atoms with van der Waals surface area (Å²) in [4.78, 5) is 0. The van der Waals surface area contributed by atoms with Gasteiger partial charge in [-0.05, 0) is 33.2 Å². The fourth-order valence-electron chi connectivity index (χ4n) is 3.18. The molecule has 1 aliphatic heterocycles. The first-order valence-corrected chi connectivity index (χ1v) is 7.15. The van der Waals surface area contributed by atoms with E-state index in [0.29, 0.717) is 0 Å². The topological polar surface area (TPSA) is 21.3 Å². The van der Waals surface area contributed by atoms with Gasteiger partial charge < -0.3 is 10.1 Å². The molecule has 1 fully saturated rings. The lowest BCUT2D eigenvalue weighted by Crippen LogP contribution is -2.34. The fraction of sp³-hybridized carbons (Fsp3) is 0.222. The number of nitrogens with one attached hydrogen (secondary N) is 1. The molecule has 1 heterocycles. The minimum atomic E-state index is 0. The predicted molar refractivity (Wildman–Crippen MR) is 90.3 cm³/mol. The van der Waals surface area contributed by atoms with Crippen LogP contribution < -0.4 is 5.32 Å². The van der Waals surface area contributed by atoms with Crippen LogP contribution in [-0.4, -0.2) is 19.8 Å². The highest BCUT2D eigenvalue weighted by Gasteiger charge is 2.20. The summed E-state index contributed by atoms with van der Waals surface area (Å²) in [7, 11) is 0. The van der Waals surface area contributed by atoms with Gasteiger partial charge in [-0.25, -0.2) is 0 Å². The lowest BCUT2D eigenvalue weighted by molar-refractivity contribution is 0.0777. The maximum Gasteiger partial charge on any atom is 0.0662 e. The molecule has 3 aromatic rings. The van der Waals surface area contributed by atoms with Crippen molar-refractivity contribution in [2.45, 2.75) is 6.04 Å². The normalized spacial score (nSPS) is 18.6. The van der Waals surface area contributed by atoms with Crippen molar-refractivity contribution in [1.82, 2.24) is 5.32 Å². The number of hydrogen-bond acceptors (Lipinski definition) is 2. The first-order valence-electron chi connectivity index (χ1n) is 7.15. The van der Waals surface area contributed by atoms with Gasteiger partial charge in [-0.2, -0.15) is 0 Å². The van der Waals surface area contributed by atoms with E-state index in [1.807, 2.05) is 0 Å². The molecule has 0 aliphatic carbocycles. The minimum absolute atomic E-state index is 0. The summed E-state index contributed by atoms with van der Waals surface area (Å²) in [5.74, 6) is 0. The Morgan fingerprint density at radius 2 is 1.52 bits per heavy atom. The largest absolute Gasteiger partial charge is 0.378 e. The van der Waals surface area contributed by atoms with Crippen LogP contribution in [0.2, 0.25) is 0 Å². The third kappa shape index (κ3) is 2.51. The van der Waals surface area contributed by atoms with Gasteiger partial charge in [0.15, 0.2) is 0 Å². The minimum Gasteiger partial charge on any atom is -0.378 e. The molecule has 0 bridgehead atoms. The Balaban J connectivity index is 0.00000132. The van der Waals surface area contributed by atoms with Gasteiger partial charge in [0.05, 0.1) is 19.3 Å². The van der Waals surface area contributed by atoms with E-state index in [9.17, 15) is 0 Å². The van der Waals surface area contributed by atoms with Crippen molar-refractivity contribution >= 4 is 34.0 Å². The Morgan fingerprint density at radius 3 is 2.10 bits per heavy atom. The summed E-state index contributed by atoms with van der Waals surface area (Å²) in [5, 5.41) is 8.85. The third-order valence-electron chi connectivity index (χ3n) is 4.08. The van der Waals surface area contributed by atoms with Crippen LogP contribution in [0.1, 0.15) is 11.6 Å². The summed E-state index contributed by atoms with van der Waals surface area (Å²) in [6.07, 6.45) is 0. The van der Waals surface area contributed by atoms with Crippen LogP contribution >= 0.6 is 12.4 Å². The highest BCUT2D eigenvalue weighted by Crippen LogP contribution is 2.33. The predicted octanol–water partition coefficient (Wildman–Crippen LogP) is 4.08. The number of morpholine rings is 1. The molecule has 0 aromatic heterocycles. The van der Waals surface area contributed by atoms with Gasteiger partial charge in [-0.3, -0.25) is 0 Å². The molecule has 3 heteroatoms. The molecule has 2 nitrogen and oxygen atoms in total. The van der Waals surface area contributed by atoms with Crippen LogP contribution in [0.3, 0.4) is 0 Å². The molecule has 1 saturated heterocycles. The molecule has 0 spiro atoms. The van der Waals surface area contributed by atoms with E-state index in [2.05, 4.69) is 59.9 Å². The van der Waals surface area contributed by atoms with E-state index >= 15 is 0 Å². The van der Waals surface area contributed by atoms with E-state index in [1.54, 1.807) is 0 Å². The first-order chi connectivity index (χ1) is 9.93. The number of hydrogen-bond donors (Lipinski definition) is 1. The van der Waals surface area contributed by atoms with E-state index < -0.39 is 0 Å². The highest BCUT2D eigenvalue weighted by molar-refractivity contribution is 6.02. The smallest absolute Gasteiger partial charge is 0.0662 e. The Bertz CT molecular complexity index is 711. The van der Waals surface area contributed by atoms with Crippen molar-refractivity contribution in [3.05, 3.63) is 60.2 Å². The van der Waals surface area contributed by atoms with Crippen molar-refractivity contribution in [2.75, 3.05) is 19.8 Å². The molecule has 0 amide bonds. The van der Waals surface area contributed by atoms with Crippen molar-refractivity contribution in [1.29, 1.82) is 0 Å². The zero-order chi connectivity index (χ0) is 13.4. The molecule has 3 aromatic carbocycles. The van der Waals surface area contributed by atoms with Crippen LogP contribution in [-0.2, 0) is 4.74 Å². The lowest BCUT2D eigenvalue weighted by atomic mass is 9.92. The summed E-state index contributed by atoms with van der Waals surface area (Å²) < 4.78 is 5.67. The standard InChI is InChI=1S/C18H17NO.ClH/c1-3-7-15-13(5-1)11-14-6-2-4-8-16(14)18(15)17-12-20-10-9-19-17;/h1-8,11,17,19H,9-10,12H2;1H/t17-;/m1./s1. The van der Waals surface area contributed by atoms with Gasteiger partial charge in [0.2, 0.25) is 0 Å². The van der Waals surface area contributed by atoms with Crippen molar-refractivity contribution in [2.24, 2.45) is 0 Å². The van der Waals surface area contributed by atoms with Gasteiger partial charge in [0.25, 0.3) is 0 Å². The second-order valence-corrected chi connectivity index (χ2v) is 5.31. The van der Waals surface area contributed by atoms with Crippen LogP contribution in [0.4, 0.5) is 0 Å². The summed E-state index contributed by atoms with van der Waals surface area (Å²) >= 11 is 0. The van der Waals surface area contributed by atoms with Gasteiger partial charge >= 0.3 is 0 Å². The zero-order valence-corrected chi connectivity index (χ0v) is 12.5. The second kappa shape index (κ2) is 6.02. The molecule has 0 radical (unpaired) electrons. The van der Waals surface area contributed by atoms with Crippen LogP contribution in [0, 0.1) is 0 Å². The number of halogens is 1. The number of rotatable bonds is 1. The second-order valence-electron chi connectivity index (χ2n) is 5.31. The lowest BCUT2D eigenvalue weighted by Gasteiger charge is -2.26. The van der Waals surface area contributed by atoms with Crippen molar-refractivity contribution < 1.29 is 4.74 Å². The van der Waals surface area contributed by atoms with E-state index in [4.69, 9.17) is 4.74 Å². The molecule has 1 atom stereocenters. The van der Waals surface area contributed by atoms with Gasteiger partial charge in [-0.1, -0.05) is 48.5 Å². The number of benzene rings is 3. The number of ether oxygens (including phenoxy) is 1. The number of fused-ring (bicyclic) bond motifs is 2. The molecule has 1 aliphatic rings. The molecule has 4 rings (SSSR count). The quantitative estimate of drug-likeness (QED) is 0.684. The van der Waals surface area contributed by atoms with Crippen LogP contribution in [0.25, 0.3) is 21.5 Å². The molecule has 108 valence electrons. The Hall–Kier alpha value is -1.61. The Kier molecular flexibility index (Phi) is 4.11. The van der Waals surface area contributed by atoms with Crippen molar-refractivity contribution in [3.63, 3.8) is 0 Å². The summed E-state index contributed by atoms with van der Waals surface area (Å²) in [5.41, 5.74) is 1.37. The van der Waals surface area contributed by atoms with E-state index in [0.717, 1.165) is 19.8 Å². The Labute approximate surface area is 130 Å².